The molecule has 0 unspecified atom stereocenters. The lowest BCUT2D eigenvalue weighted by atomic mass is 9.86. The molecule has 1 heterocycles. The van der Waals surface area contributed by atoms with Crippen molar-refractivity contribution in [3.8, 4) is 0 Å². The Morgan fingerprint density at radius 2 is 1.74 bits per heavy atom. The van der Waals surface area contributed by atoms with Crippen LogP contribution in [0, 0.1) is 18.3 Å². The van der Waals surface area contributed by atoms with Gasteiger partial charge in [0.05, 0.1) is 0 Å². The number of benzene rings is 1. The van der Waals surface area contributed by atoms with Gasteiger partial charge < -0.3 is 15.1 Å². The van der Waals surface area contributed by atoms with Gasteiger partial charge in [-0.2, -0.15) is 0 Å². The number of carbonyl (C=O) groups is 3. The highest BCUT2D eigenvalue weighted by atomic mass is 16.2. The monoisotopic (exact) mass is 429 g/mol. The topological polar surface area (TPSA) is 69.7 Å². The molecule has 31 heavy (non-hydrogen) atoms. The zero-order chi connectivity index (χ0) is 23.2. The predicted molar refractivity (Wildman–Crippen MR) is 124 cm³/mol. The fourth-order valence-corrected chi connectivity index (χ4v) is 4.17. The van der Waals surface area contributed by atoms with Crippen LogP contribution in [0.25, 0.3) is 0 Å². The summed E-state index contributed by atoms with van der Waals surface area (Å²) >= 11 is 0. The van der Waals surface area contributed by atoms with Crippen molar-refractivity contribution in [2.24, 2.45) is 11.3 Å². The number of aryl methyl sites for hydroxylation is 1. The molecular formula is C25H39N3O3. The normalized spacial score (nSPS) is 16.0. The first kappa shape index (κ1) is 24.9. The summed E-state index contributed by atoms with van der Waals surface area (Å²) in [6.45, 7) is 14.5. The highest BCUT2D eigenvalue weighted by Crippen LogP contribution is 2.26. The molecule has 1 fully saturated rings. The van der Waals surface area contributed by atoms with Gasteiger partial charge in [-0.15, -0.1) is 0 Å². The maximum absolute atomic E-state index is 13.3. The van der Waals surface area contributed by atoms with E-state index in [0.29, 0.717) is 51.0 Å². The van der Waals surface area contributed by atoms with Crippen molar-refractivity contribution in [2.45, 2.75) is 66.8 Å². The van der Waals surface area contributed by atoms with E-state index in [9.17, 15) is 14.4 Å². The van der Waals surface area contributed by atoms with Gasteiger partial charge in [0.2, 0.25) is 11.8 Å². The lowest BCUT2D eigenvalue weighted by Crippen LogP contribution is -2.54. The minimum absolute atomic E-state index is 0.0144. The van der Waals surface area contributed by atoms with Crippen LogP contribution in [0.2, 0.25) is 0 Å². The third-order valence-corrected chi connectivity index (χ3v) is 5.95. The highest BCUT2D eigenvalue weighted by Gasteiger charge is 2.36. The molecule has 1 saturated heterocycles. The van der Waals surface area contributed by atoms with E-state index < -0.39 is 6.04 Å². The van der Waals surface area contributed by atoms with E-state index >= 15 is 0 Å². The number of rotatable bonds is 7. The second kappa shape index (κ2) is 10.8. The molecule has 2 rings (SSSR count). The molecule has 0 spiro atoms. The molecule has 0 saturated carbocycles. The number of nitrogens with zero attached hydrogens (tertiary/aromatic N) is 2. The molecule has 1 aromatic rings. The van der Waals surface area contributed by atoms with Gasteiger partial charge in [0.1, 0.15) is 6.04 Å². The minimum Gasteiger partial charge on any atom is -0.343 e. The Morgan fingerprint density at radius 1 is 1.13 bits per heavy atom. The lowest BCUT2D eigenvalue weighted by Gasteiger charge is -2.38. The first-order valence-corrected chi connectivity index (χ1v) is 11.5. The molecule has 1 atom stereocenters. The molecule has 1 aliphatic heterocycles. The average molecular weight is 430 g/mol. The van der Waals surface area contributed by atoms with Gasteiger partial charge in [0.25, 0.3) is 5.91 Å². The summed E-state index contributed by atoms with van der Waals surface area (Å²) in [5.74, 6) is -0.0761. The fourth-order valence-electron chi connectivity index (χ4n) is 4.17. The van der Waals surface area contributed by atoms with Crippen LogP contribution in [0.3, 0.4) is 0 Å². The summed E-state index contributed by atoms with van der Waals surface area (Å²) in [6, 6.07) is 6.83. The third-order valence-electron chi connectivity index (χ3n) is 5.95. The van der Waals surface area contributed by atoms with Crippen molar-refractivity contribution in [2.75, 3.05) is 26.2 Å². The van der Waals surface area contributed by atoms with Crippen LogP contribution in [0.15, 0.2) is 24.3 Å². The number of nitrogens with one attached hydrogen (secondary N) is 1. The van der Waals surface area contributed by atoms with Gasteiger partial charge in [-0.25, -0.2) is 0 Å². The molecular weight excluding hydrogens is 390 g/mol. The Kier molecular flexibility index (Phi) is 8.66. The quantitative estimate of drug-likeness (QED) is 0.719. The van der Waals surface area contributed by atoms with E-state index in [4.69, 9.17) is 0 Å². The van der Waals surface area contributed by atoms with E-state index in [1.54, 1.807) is 11.0 Å². The number of likely N-dealkylation sites (N-methyl/N-ethyl adjacent to an activating group) is 1. The minimum atomic E-state index is -0.576. The van der Waals surface area contributed by atoms with Crippen molar-refractivity contribution in [3.05, 3.63) is 35.4 Å². The molecule has 1 aliphatic rings. The van der Waals surface area contributed by atoms with Crippen molar-refractivity contribution >= 4 is 17.7 Å². The standard InChI is InChI=1S/C25H39N3O3/c1-7-27(8-2)24(31)22(26-23(30)20-11-9-10-18(3)16-20)19-12-14-28(15-13-19)21(29)17-25(4,5)6/h9-11,16,19,22H,7-8,12-15,17H2,1-6H3,(H,26,30)/t22-/m0/s1. The molecule has 6 nitrogen and oxygen atoms in total. The Morgan fingerprint density at radius 3 is 2.26 bits per heavy atom. The van der Waals surface area contributed by atoms with Crippen molar-refractivity contribution in [1.29, 1.82) is 0 Å². The highest BCUT2D eigenvalue weighted by molar-refractivity contribution is 5.97. The van der Waals surface area contributed by atoms with Crippen molar-refractivity contribution < 1.29 is 14.4 Å². The number of piperidine rings is 1. The molecule has 6 heteroatoms. The molecule has 0 radical (unpaired) electrons. The van der Waals surface area contributed by atoms with E-state index in [-0.39, 0.29) is 29.1 Å². The second-order valence-corrected chi connectivity index (χ2v) is 9.79. The summed E-state index contributed by atoms with van der Waals surface area (Å²) < 4.78 is 0. The second-order valence-electron chi connectivity index (χ2n) is 9.79. The Balaban J connectivity index is 2.13. The Bertz CT molecular complexity index is 772. The van der Waals surface area contributed by atoms with E-state index in [0.717, 1.165) is 5.56 Å². The largest absolute Gasteiger partial charge is 0.343 e. The Labute approximate surface area is 187 Å². The summed E-state index contributed by atoms with van der Waals surface area (Å²) in [7, 11) is 0. The maximum Gasteiger partial charge on any atom is 0.251 e. The van der Waals surface area contributed by atoms with Gasteiger partial charge in [-0.3, -0.25) is 14.4 Å². The third kappa shape index (κ3) is 7.08. The van der Waals surface area contributed by atoms with E-state index in [1.807, 2.05) is 43.9 Å². The fraction of sp³-hybridized carbons (Fsp3) is 0.640. The number of likely N-dealkylation sites (tertiary alicyclic amines) is 1. The van der Waals surface area contributed by atoms with Crippen LogP contribution in [0.5, 0.6) is 0 Å². The van der Waals surface area contributed by atoms with Gasteiger partial charge in [0.15, 0.2) is 0 Å². The molecule has 1 aromatic carbocycles. The van der Waals surface area contributed by atoms with Gasteiger partial charge in [0, 0.05) is 38.2 Å². The van der Waals surface area contributed by atoms with Crippen LogP contribution >= 0.6 is 0 Å². The van der Waals surface area contributed by atoms with E-state index in [2.05, 4.69) is 26.1 Å². The lowest BCUT2D eigenvalue weighted by molar-refractivity contribution is -0.136. The average Bonchev–Trinajstić information content (AvgIpc) is 2.71. The summed E-state index contributed by atoms with van der Waals surface area (Å²) in [4.78, 5) is 42.5. The van der Waals surface area contributed by atoms with E-state index in [1.165, 1.54) is 0 Å². The molecule has 0 aromatic heterocycles. The summed E-state index contributed by atoms with van der Waals surface area (Å²) in [5, 5.41) is 3.03. The van der Waals surface area contributed by atoms with Gasteiger partial charge in [-0.1, -0.05) is 38.5 Å². The van der Waals surface area contributed by atoms with Crippen LogP contribution in [-0.4, -0.2) is 59.7 Å². The summed E-state index contributed by atoms with van der Waals surface area (Å²) in [6.07, 6.45) is 1.94. The molecule has 0 aliphatic carbocycles. The van der Waals surface area contributed by atoms with Crippen LogP contribution in [-0.2, 0) is 9.59 Å². The smallest absolute Gasteiger partial charge is 0.251 e. The molecule has 1 N–H and O–H groups in total. The molecule has 172 valence electrons. The number of carbonyl (C=O) groups excluding carboxylic acids is 3. The van der Waals surface area contributed by atoms with Gasteiger partial charge in [-0.05, 0) is 57.1 Å². The first-order chi connectivity index (χ1) is 14.6. The zero-order valence-corrected chi connectivity index (χ0v) is 20.0. The molecule has 0 bridgehead atoms. The van der Waals surface area contributed by atoms with Crippen LogP contribution in [0.1, 0.15) is 69.8 Å². The van der Waals surface area contributed by atoms with Crippen molar-refractivity contribution in [1.82, 2.24) is 15.1 Å². The first-order valence-electron chi connectivity index (χ1n) is 11.5. The number of amides is 3. The molecule has 3 amide bonds. The van der Waals surface area contributed by atoms with Crippen LogP contribution < -0.4 is 5.32 Å². The Hall–Kier alpha value is -2.37. The zero-order valence-electron chi connectivity index (χ0n) is 20.0. The van der Waals surface area contributed by atoms with Crippen molar-refractivity contribution in [3.63, 3.8) is 0 Å². The van der Waals surface area contributed by atoms with Crippen LogP contribution in [0.4, 0.5) is 0 Å². The van der Waals surface area contributed by atoms with Gasteiger partial charge >= 0.3 is 0 Å². The SMILES string of the molecule is CCN(CC)C(=O)[C@@H](NC(=O)c1cccc(C)c1)C1CCN(C(=O)CC(C)(C)C)CC1. The number of hydrogen-bond acceptors (Lipinski definition) is 3. The maximum atomic E-state index is 13.3. The predicted octanol–water partition coefficient (Wildman–Crippen LogP) is 3.64. The number of hydrogen-bond donors (Lipinski definition) is 1. The summed E-state index contributed by atoms with van der Waals surface area (Å²) in [5.41, 5.74) is 1.52.